The van der Waals surface area contributed by atoms with E-state index in [1.165, 1.54) is 58.2 Å². The zero-order chi connectivity index (χ0) is 26.3. The van der Waals surface area contributed by atoms with E-state index in [0.29, 0.717) is 28.6 Å². The molecule has 0 amide bonds. The number of rotatable bonds is 11. The quantitative estimate of drug-likeness (QED) is 0.226. The standard InChI is InChI=1S/C28H31F4N3O/c1-4-5-6-7-8-9-16-34(19-21(2)3)20-27(36,28(30,31)32)23-10-15-26-22(17-23)18-33-35(26)25-13-11-24(29)12-14-25/h6-7,9-18,36H,2,4-5,8,19-20H2,1,3H3/b7-6-,16-9-. The first-order valence-electron chi connectivity index (χ1n) is 11.8. The number of fused-ring (bicyclic) bond motifs is 1. The van der Waals surface area contributed by atoms with E-state index < -0.39 is 24.1 Å². The van der Waals surface area contributed by atoms with Crippen molar-refractivity contribution >= 4 is 10.9 Å². The Morgan fingerprint density at radius 2 is 1.83 bits per heavy atom. The first-order chi connectivity index (χ1) is 17.0. The number of aliphatic hydroxyl groups is 1. The molecule has 1 heterocycles. The fourth-order valence-corrected chi connectivity index (χ4v) is 3.89. The summed E-state index contributed by atoms with van der Waals surface area (Å²) in [4.78, 5) is 1.43. The number of nitrogens with zero attached hydrogens (tertiary/aromatic N) is 3. The number of benzene rings is 2. The summed E-state index contributed by atoms with van der Waals surface area (Å²) < 4.78 is 57.8. The summed E-state index contributed by atoms with van der Waals surface area (Å²) in [5.41, 5.74) is -1.65. The van der Waals surface area contributed by atoms with Gasteiger partial charge in [-0.1, -0.05) is 49.8 Å². The van der Waals surface area contributed by atoms with Gasteiger partial charge in [0.15, 0.2) is 0 Å². The van der Waals surface area contributed by atoms with E-state index in [2.05, 4.69) is 18.6 Å². The smallest absolute Gasteiger partial charge is 0.375 e. The van der Waals surface area contributed by atoms with Crippen LogP contribution in [0.15, 0.2) is 85.2 Å². The van der Waals surface area contributed by atoms with Crippen LogP contribution in [-0.4, -0.2) is 39.1 Å². The molecule has 1 aromatic heterocycles. The summed E-state index contributed by atoms with van der Waals surface area (Å²) >= 11 is 0. The SMILES string of the molecule is C=C(C)CN(/C=C\C/C=C\CCC)CC(O)(c1ccc2c(cnn2-c2ccc(F)cc2)c1)C(F)(F)F. The van der Waals surface area contributed by atoms with Gasteiger partial charge >= 0.3 is 6.18 Å². The lowest BCUT2D eigenvalue weighted by Crippen LogP contribution is -2.50. The molecular formula is C28H31F4N3O. The van der Waals surface area contributed by atoms with Crippen LogP contribution in [0.1, 0.15) is 38.7 Å². The molecule has 3 aromatic rings. The second-order valence-corrected chi connectivity index (χ2v) is 8.91. The minimum Gasteiger partial charge on any atom is -0.375 e. The van der Waals surface area contributed by atoms with E-state index in [0.717, 1.165) is 12.8 Å². The zero-order valence-corrected chi connectivity index (χ0v) is 20.5. The maximum absolute atomic E-state index is 14.3. The number of alkyl halides is 3. The predicted molar refractivity (Wildman–Crippen MR) is 135 cm³/mol. The molecule has 0 radical (unpaired) electrons. The van der Waals surface area contributed by atoms with Crippen LogP contribution in [0.25, 0.3) is 16.6 Å². The van der Waals surface area contributed by atoms with E-state index in [1.807, 2.05) is 12.2 Å². The van der Waals surface area contributed by atoms with Gasteiger partial charge in [0.25, 0.3) is 0 Å². The van der Waals surface area contributed by atoms with Gasteiger partial charge in [0.1, 0.15) is 5.82 Å². The second-order valence-electron chi connectivity index (χ2n) is 8.91. The monoisotopic (exact) mass is 501 g/mol. The van der Waals surface area contributed by atoms with E-state index in [9.17, 15) is 22.7 Å². The highest BCUT2D eigenvalue weighted by Crippen LogP contribution is 2.41. The molecule has 0 aliphatic carbocycles. The van der Waals surface area contributed by atoms with Crippen molar-refractivity contribution in [1.82, 2.24) is 14.7 Å². The Balaban J connectivity index is 1.94. The highest BCUT2D eigenvalue weighted by molar-refractivity contribution is 5.81. The van der Waals surface area contributed by atoms with Gasteiger partial charge in [-0.25, -0.2) is 9.07 Å². The molecule has 1 N–H and O–H groups in total. The highest BCUT2D eigenvalue weighted by atomic mass is 19.4. The van der Waals surface area contributed by atoms with Crippen molar-refractivity contribution in [2.45, 2.75) is 44.9 Å². The number of unbranched alkanes of at least 4 members (excludes halogenated alkanes) is 1. The molecule has 0 saturated carbocycles. The van der Waals surface area contributed by atoms with E-state index in [4.69, 9.17) is 0 Å². The van der Waals surface area contributed by atoms with Crippen LogP contribution in [0.4, 0.5) is 17.6 Å². The molecule has 0 bridgehead atoms. The van der Waals surface area contributed by atoms with Crippen LogP contribution in [0.5, 0.6) is 0 Å². The van der Waals surface area contributed by atoms with Crippen molar-refractivity contribution in [2.24, 2.45) is 0 Å². The Hall–Kier alpha value is -3.39. The van der Waals surface area contributed by atoms with Gasteiger partial charge in [-0.2, -0.15) is 18.3 Å². The van der Waals surface area contributed by atoms with Crippen LogP contribution in [0.2, 0.25) is 0 Å². The molecule has 3 rings (SSSR count). The van der Waals surface area contributed by atoms with Crippen LogP contribution in [0.3, 0.4) is 0 Å². The largest absolute Gasteiger partial charge is 0.423 e. The first-order valence-corrected chi connectivity index (χ1v) is 11.8. The van der Waals surface area contributed by atoms with Crippen LogP contribution >= 0.6 is 0 Å². The van der Waals surface area contributed by atoms with Gasteiger partial charge in [-0.3, -0.25) is 0 Å². The Labute approximate surface area is 208 Å². The van der Waals surface area contributed by atoms with Crippen molar-refractivity contribution in [3.63, 3.8) is 0 Å². The van der Waals surface area contributed by atoms with Gasteiger partial charge in [-0.05, 0) is 67.9 Å². The molecule has 4 nitrogen and oxygen atoms in total. The third-order valence-corrected chi connectivity index (χ3v) is 5.70. The van der Waals surface area contributed by atoms with Gasteiger partial charge in [0.05, 0.1) is 23.9 Å². The van der Waals surface area contributed by atoms with Crippen molar-refractivity contribution < 1.29 is 22.7 Å². The Morgan fingerprint density at radius 1 is 1.11 bits per heavy atom. The third kappa shape index (κ3) is 6.43. The molecule has 0 fully saturated rings. The number of allylic oxidation sites excluding steroid dienone is 3. The fraction of sp³-hybridized carbons (Fsp3) is 0.321. The average Bonchev–Trinajstić information content (AvgIpc) is 3.24. The molecule has 192 valence electrons. The summed E-state index contributed by atoms with van der Waals surface area (Å²) in [6.07, 6.45) is 6.36. The molecule has 0 spiro atoms. The Bertz CT molecular complexity index is 1230. The molecule has 1 atom stereocenters. The molecule has 0 aliphatic heterocycles. The minimum absolute atomic E-state index is 0.165. The van der Waals surface area contributed by atoms with Gasteiger partial charge in [-0.15, -0.1) is 0 Å². The first kappa shape index (κ1) is 27.2. The summed E-state index contributed by atoms with van der Waals surface area (Å²) in [6, 6.07) is 9.66. The topological polar surface area (TPSA) is 41.3 Å². The summed E-state index contributed by atoms with van der Waals surface area (Å²) in [7, 11) is 0. The summed E-state index contributed by atoms with van der Waals surface area (Å²) in [6.45, 7) is 7.08. The normalized spacial score (nSPS) is 14.1. The fourth-order valence-electron chi connectivity index (χ4n) is 3.89. The lowest BCUT2D eigenvalue weighted by Gasteiger charge is -2.36. The number of hydrogen-bond donors (Lipinski definition) is 1. The van der Waals surface area contributed by atoms with Gasteiger partial charge < -0.3 is 10.0 Å². The Kier molecular flexibility index (Phi) is 8.74. The van der Waals surface area contributed by atoms with Gasteiger partial charge in [0.2, 0.25) is 5.60 Å². The zero-order valence-electron chi connectivity index (χ0n) is 20.5. The van der Waals surface area contributed by atoms with Crippen molar-refractivity contribution in [3.05, 3.63) is 96.6 Å². The second kappa shape index (κ2) is 11.6. The third-order valence-electron chi connectivity index (χ3n) is 5.70. The van der Waals surface area contributed by atoms with E-state index >= 15 is 0 Å². The van der Waals surface area contributed by atoms with Crippen molar-refractivity contribution in [2.75, 3.05) is 13.1 Å². The Morgan fingerprint density at radius 3 is 2.47 bits per heavy atom. The van der Waals surface area contributed by atoms with E-state index in [1.54, 1.807) is 19.2 Å². The number of aromatic nitrogens is 2. The highest BCUT2D eigenvalue weighted by Gasteiger charge is 2.55. The molecule has 36 heavy (non-hydrogen) atoms. The average molecular weight is 502 g/mol. The number of hydrogen-bond acceptors (Lipinski definition) is 3. The number of halogens is 4. The molecule has 0 aliphatic rings. The molecule has 0 saturated heterocycles. The minimum atomic E-state index is -4.93. The lowest BCUT2D eigenvalue weighted by molar-refractivity contribution is -0.269. The van der Waals surface area contributed by atoms with Crippen LogP contribution in [0, 0.1) is 5.82 Å². The molecule has 1 unspecified atom stereocenters. The molecular weight excluding hydrogens is 470 g/mol. The molecule has 2 aromatic carbocycles. The summed E-state index contributed by atoms with van der Waals surface area (Å²) in [5.74, 6) is -0.405. The van der Waals surface area contributed by atoms with Crippen molar-refractivity contribution in [1.29, 1.82) is 0 Å². The van der Waals surface area contributed by atoms with Crippen molar-refractivity contribution in [3.8, 4) is 5.69 Å². The maximum Gasteiger partial charge on any atom is 0.423 e. The predicted octanol–water partition coefficient (Wildman–Crippen LogP) is 7.05. The van der Waals surface area contributed by atoms with Crippen LogP contribution in [-0.2, 0) is 5.60 Å². The summed E-state index contributed by atoms with van der Waals surface area (Å²) in [5, 5.41) is 15.7. The maximum atomic E-state index is 14.3. The van der Waals surface area contributed by atoms with Gasteiger partial charge in [0, 0.05) is 11.9 Å². The molecule has 8 heteroatoms. The lowest BCUT2D eigenvalue weighted by atomic mass is 9.91. The van der Waals surface area contributed by atoms with Crippen LogP contribution < -0.4 is 0 Å². The van der Waals surface area contributed by atoms with E-state index in [-0.39, 0.29) is 12.1 Å².